The highest BCUT2D eigenvalue weighted by atomic mass is 32.2. The molecule has 168 valence electrons. The number of benzene rings is 2. The minimum absolute atomic E-state index is 0.0725. The molecule has 8 nitrogen and oxygen atoms in total. The second kappa shape index (κ2) is 8.54. The number of carbonyl (C=O) groups is 1. The zero-order valence-corrected chi connectivity index (χ0v) is 18.7. The summed E-state index contributed by atoms with van der Waals surface area (Å²) in [6.45, 7) is 4.02. The molecule has 0 radical (unpaired) electrons. The first-order chi connectivity index (χ1) is 14.9. The average molecular weight is 459 g/mol. The maximum Gasteiger partial charge on any atom is 0.296 e. The molecule has 0 fully saturated rings. The van der Waals surface area contributed by atoms with Crippen LogP contribution in [0.1, 0.15) is 27.2 Å². The van der Waals surface area contributed by atoms with Crippen LogP contribution in [0, 0.1) is 19.7 Å². The number of aromatic nitrogens is 2. The van der Waals surface area contributed by atoms with Crippen LogP contribution in [0.5, 0.6) is 5.75 Å². The minimum atomic E-state index is -3.89. The van der Waals surface area contributed by atoms with Gasteiger partial charge in [0.2, 0.25) is 5.75 Å². The van der Waals surface area contributed by atoms with E-state index in [1.807, 2.05) is 32.0 Å². The maximum absolute atomic E-state index is 13.7. The zero-order chi connectivity index (χ0) is 23.8. The molecular formula is C22H22FN3O5S. The summed E-state index contributed by atoms with van der Waals surface area (Å²) in [5.41, 5.74) is 1.36. The van der Waals surface area contributed by atoms with Crippen molar-refractivity contribution in [2.75, 3.05) is 6.26 Å². The van der Waals surface area contributed by atoms with Crippen molar-refractivity contribution >= 4 is 15.7 Å². The standard InChI is InChI=1S/C22H22FN3O5S/c1-12-5-6-14(9-13(12)2)11-24-21(28)18-19(27)22(29)26(3)20(25-18)16-8-7-15(23)10-17(16)32(4,30)31/h5-10,27H,11H2,1-4H3,(H,24,28). The molecular weight excluding hydrogens is 437 g/mol. The van der Waals surface area contributed by atoms with E-state index in [0.717, 1.165) is 45.7 Å². The van der Waals surface area contributed by atoms with Crippen LogP contribution in [0.4, 0.5) is 4.39 Å². The lowest BCUT2D eigenvalue weighted by molar-refractivity contribution is 0.0942. The highest BCUT2D eigenvalue weighted by Crippen LogP contribution is 2.27. The van der Waals surface area contributed by atoms with Gasteiger partial charge >= 0.3 is 0 Å². The fourth-order valence-corrected chi connectivity index (χ4v) is 4.04. The molecule has 3 rings (SSSR count). The number of rotatable bonds is 5. The van der Waals surface area contributed by atoms with Gasteiger partial charge in [0, 0.05) is 25.4 Å². The molecule has 0 aliphatic heterocycles. The monoisotopic (exact) mass is 459 g/mol. The Morgan fingerprint density at radius 3 is 2.47 bits per heavy atom. The van der Waals surface area contributed by atoms with E-state index in [1.54, 1.807) is 0 Å². The highest BCUT2D eigenvalue weighted by molar-refractivity contribution is 7.90. The van der Waals surface area contributed by atoms with Crippen LogP contribution >= 0.6 is 0 Å². The summed E-state index contributed by atoms with van der Waals surface area (Å²) >= 11 is 0. The molecule has 2 aromatic carbocycles. The van der Waals surface area contributed by atoms with E-state index in [1.165, 1.54) is 7.05 Å². The lowest BCUT2D eigenvalue weighted by atomic mass is 10.1. The van der Waals surface area contributed by atoms with E-state index in [0.29, 0.717) is 0 Å². The van der Waals surface area contributed by atoms with E-state index in [2.05, 4.69) is 10.3 Å². The van der Waals surface area contributed by atoms with Crippen LogP contribution in [0.2, 0.25) is 0 Å². The lowest BCUT2D eigenvalue weighted by Crippen LogP contribution is -2.29. The Balaban J connectivity index is 2.06. The van der Waals surface area contributed by atoms with Gasteiger partial charge in [-0.05, 0) is 48.7 Å². The third-order valence-electron chi connectivity index (χ3n) is 5.09. The molecule has 3 aromatic rings. The molecule has 0 saturated heterocycles. The summed E-state index contributed by atoms with van der Waals surface area (Å²) < 4.78 is 38.9. The van der Waals surface area contributed by atoms with Gasteiger partial charge in [0.15, 0.2) is 15.5 Å². The van der Waals surface area contributed by atoms with Gasteiger partial charge in [0.1, 0.15) is 11.6 Å². The van der Waals surface area contributed by atoms with Crippen molar-refractivity contribution in [3.63, 3.8) is 0 Å². The number of sulfone groups is 1. The zero-order valence-electron chi connectivity index (χ0n) is 17.9. The van der Waals surface area contributed by atoms with Gasteiger partial charge in [0.05, 0.1) is 4.90 Å². The van der Waals surface area contributed by atoms with Crippen LogP contribution in [0.3, 0.4) is 0 Å². The minimum Gasteiger partial charge on any atom is -0.501 e. The summed E-state index contributed by atoms with van der Waals surface area (Å²) in [4.78, 5) is 28.9. The SMILES string of the molecule is Cc1ccc(CNC(=O)c2nc(-c3ccc(F)cc3S(C)(=O)=O)n(C)c(=O)c2O)cc1C. The molecule has 1 aromatic heterocycles. The van der Waals surface area contributed by atoms with Crippen LogP contribution in [0.25, 0.3) is 11.4 Å². The largest absolute Gasteiger partial charge is 0.501 e. The van der Waals surface area contributed by atoms with Crippen LogP contribution in [0.15, 0.2) is 46.1 Å². The van der Waals surface area contributed by atoms with Gasteiger partial charge in [-0.25, -0.2) is 17.8 Å². The topological polar surface area (TPSA) is 118 Å². The Morgan fingerprint density at radius 2 is 1.84 bits per heavy atom. The van der Waals surface area contributed by atoms with Crippen LogP contribution in [-0.4, -0.2) is 35.2 Å². The Hall–Kier alpha value is -3.53. The third-order valence-corrected chi connectivity index (χ3v) is 6.23. The molecule has 32 heavy (non-hydrogen) atoms. The maximum atomic E-state index is 13.7. The summed E-state index contributed by atoms with van der Waals surface area (Å²) in [5.74, 6) is -2.69. The molecule has 1 heterocycles. The van der Waals surface area contributed by atoms with Gasteiger partial charge in [-0.3, -0.25) is 14.2 Å². The average Bonchev–Trinajstić information content (AvgIpc) is 2.72. The van der Waals surface area contributed by atoms with Gasteiger partial charge in [-0.15, -0.1) is 0 Å². The number of carbonyl (C=O) groups excluding carboxylic acids is 1. The van der Waals surface area contributed by atoms with Gasteiger partial charge in [-0.2, -0.15) is 0 Å². The van der Waals surface area contributed by atoms with E-state index < -0.39 is 43.5 Å². The smallest absolute Gasteiger partial charge is 0.296 e. The van der Waals surface area contributed by atoms with E-state index >= 15 is 0 Å². The molecule has 0 aliphatic rings. The quantitative estimate of drug-likeness (QED) is 0.604. The first-order valence-corrected chi connectivity index (χ1v) is 11.4. The molecule has 0 atom stereocenters. The number of hydrogen-bond donors (Lipinski definition) is 2. The molecule has 0 saturated carbocycles. The normalized spacial score (nSPS) is 11.4. The molecule has 0 bridgehead atoms. The molecule has 0 aliphatic carbocycles. The third kappa shape index (κ3) is 4.54. The van der Waals surface area contributed by atoms with Crippen molar-refractivity contribution in [3.05, 3.63) is 75.0 Å². The van der Waals surface area contributed by atoms with Crippen molar-refractivity contribution in [1.82, 2.24) is 14.9 Å². The van der Waals surface area contributed by atoms with Crippen molar-refractivity contribution in [2.24, 2.45) is 7.05 Å². The number of aromatic hydroxyl groups is 1. The molecule has 10 heteroatoms. The molecule has 0 spiro atoms. The lowest BCUT2D eigenvalue weighted by Gasteiger charge is -2.14. The predicted octanol–water partition coefficient (Wildman–Crippen LogP) is 2.24. The number of aryl methyl sites for hydroxylation is 2. The molecule has 1 amide bonds. The van der Waals surface area contributed by atoms with Crippen molar-refractivity contribution < 1.29 is 22.7 Å². The first kappa shape index (κ1) is 23.1. The Morgan fingerprint density at radius 1 is 1.16 bits per heavy atom. The fourth-order valence-electron chi connectivity index (χ4n) is 3.16. The van der Waals surface area contributed by atoms with Gasteiger partial charge in [0.25, 0.3) is 11.5 Å². The van der Waals surface area contributed by atoms with Gasteiger partial charge < -0.3 is 10.4 Å². The predicted molar refractivity (Wildman–Crippen MR) is 117 cm³/mol. The summed E-state index contributed by atoms with van der Waals surface area (Å²) in [5, 5.41) is 12.8. The molecule has 0 unspecified atom stereocenters. The number of nitrogens with zero attached hydrogens (tertiary/aromatic N) is 2. The van der Waals surface area contributed by atoms with Crippen molar-refractivity contribution in [2.45, 2.75) is 25.3 Å². The number of hydrogen-bond acceptors (Lipinski definition) is 6. The molecule has 2 N–H and O–H groups in total. The number of nitrogens with one attached hydrogen (secondary N) is 1. The van der Waals surface area contributed by atoms with E-state index in [-0.39, 0.29) is 17.9 Å². The fraction of sp³-hybridized carbons (Fsp3) is 0.227. The second-order valence-corrected chi connectivity index (χ2v) is 9.49. The highest BCUT2D eigenvalue weighted by Gasteiger charge is 2.24. The van der Waals surface area contributed by atoms with Crippen LogP contribution < -0.4 is 10.9 Å². The Kier molecular flexibility index (Phi) is 6.18. The Bertz CT molecular complexity index is 1400. The van der Waals surface area contributed by atoms with E-state index in [9.17, 15) is 27.5 Å². The van der Waals surface area contributed by atoms with Crippen molar-refractivity contribution in [1.29, 1.82) is 0 Å². The van der Waals surface area contributed by atoms with E-state index in [4.69, 9.17) is 0 Å². The van der Waals surface area contributed by atoms with Crippen molar-refractivity contribution in [3.8, 4) is 17.1 Å². The number of amides is 1. The van der Waals surface area contributed by atoms with Gasteiger partial charge in [-0.1, -0.05) is 18.2 Å². The summed E-state index contributed by atoms with van der Waals surface area (Å²) in [6, 6.07) is 8.62. The summed E-state index contributed by atoms with van der Waals surface area (Å²) in [6.07, 6.45) is 0.890. The van der Waals surface area contributed by atoms with Crippen LogP contribution in [-0.2, 0) is 23.4 Å². The first-order valence-electron chi connectivity index (χ1n) is 9.54. The second-order valence-electron chi connectivity index (χ2n) is 7.51. The Labute approximate surface area is 184 Å². The number of halogens is 1. The summed E-state index contributed by atoms with van der Waals surface area (Å²) in [7, 11) is -2.63.